The van der Waals surface area contributed by atoms with Crippen molar-refractivity contribution in [2.75, 3.05) is 20.3 Å². The van der Waals surface area contributed by atoms with Gasteiger partial charge in [0, 0.05) is 19.2 Å². The molecular weight excluding hydrogens is 278 g/mol. The quantitative estimate of drug-likeness (QED) is 0.725. The van der Waals surface area contributed by atoms with Gasteiger partial charge >= 0.3 is 0 Å². The molecule has 0 aromatic heterocycles. The Labute approximate surface area is 133 Å². The Bertz CT molecular complexity index is 475. The zero-order chi connectivity index (χ0) is 15.8. The van der Waals surface area contributed by atoms with Crippen molar-refractivity contribution in [3.05, 3.63) is 36.4 Å². The highest BCUT2D eigenvalue weighted by molar-refractivity contribution is 5.43. The van der Waals surface area contributed by atoms with Crippen LogP contribution in [0.5, 0.6) is 11.5 Å². The van der Waals surface area contributed by atoms with Crippen LogP contribution in [0.15, 0.2) is 30.9 Å². The van der Waals surface area contributed by atoms with Crippen LogP contribution >= 0.6 is 0 Å². The van der Waals surface area contributed by atoms with Crippen LogP contribution < -0.4 is 14.8 Å². The molecule has 2 unspecified atom stereocenters. The minimum Gasteiger partial charge on any atom is -0.493 e. The van der Waals surface area contributed by atoms with Gasteiger partial charge in [0.05, 0.1) is 7.11 Å². The predicted molar refractivity (Wildman–Crippen MR) is 88.4 cm³/mol. The first-order chi connectivity index (χ1) is 10.8. The maximum Gasteiger partial charge on any atom is 0.161 e. The number of hydrogen-bond acceptors (Lipinski definition) is 4. The molecule has 0 aliphatic heterocycles. The van der Waals surface area contributed by atoms with E-state index < -0.39 is 0 Å². The lowest BCUT2D eigenvalue weighted by atomic mass is 9.85. The molecule has 1 saturated carbocycles. The van der Waals surface area contributed by atoms with Crippen molar-refractivity contribution in [1.29, 1.82) is 0 Å². The average Bonchev–Trinajstić information content (AvgIpc) is 2.58. The number of nitrogens with one attached hydrogen (secondary N) is 1. The first-order valence-electron chi connectivity index (χ1n) is 8.03. The lowest BCUT2D eigenvalue weighted by molar-refractivity contribution is 0.152. The number of aliphatic hydroxyl groups excluding tert-OH is 1. The smallest absolute Gasteiger partial charge is 0.161 e. The van der Waals surface area contributed by atoms with Crippen LogP contribution in [0.2, 0.25) is 0 Å². The molecule has 2 atom stereocenters. The SMILES string of the molecule is C=CCOc1ccc(CNC2CCCCC2CO)cc1OC. The van der Waals surface area contributed by atoms with Gasteiger partial charge in [-0.25, -0.2) is 0 Å². The van der Waals surface area contributed by atoms with Gasteiger partial charge in [0.2, 0.25) is 0 Å². The van der Waals surface area contributed by atoms with Crippen LogP contribution in [0.4, 0.5) is 0 Å². The third-order valence-corrected chi connectivity index (χ3v) is 4.30. The number of benzene rings is 1. The molecule has 2 N–H and O–H groups in total. The van der Waals surface area contributed by atoms with Crippen molar-refractivity contribution in [3.8, 4) is 11.5 Å². The highest BCUT2D eigenvalue weighted by atomic mass is 16.5. The van der Waals surface area contributed by atoms with E-state index in [9.17, 15) is 5.11 Å². The average molecular weight is 305 g/mol. The Morgan fingerprint density at radius 2 is 2.14 bits per heavy atom. The van der Waals surface area contributed by atoms with Crippen molar-refractivity contribution in [1.82, 2.24) is 5.32 Å². The van der Waals surface area contributed by atoms with Crippen molar-refractivity contribution < 1.29 is 14.6 Å². The second kappa shape index (κ2) is 8.81. The normalized spacial score (nSPS) is 21.4. The minimum absolute atomic E-state index is 0.273. The van der Waals surface area contributed by atoms with Crippen LogP contribution in [-0.2, 0) is 6.54 Å². The van der Waals surface area contributed by atoms with Crippen molar-refractivity contribution in [2.24, 2.45) is 5.92 Å². The van der Waals surface area contributed by atoms with Crippen LogP contribution in [0, 0.1) is 5.92 Å². The molecule has 0 bridgehead atoms. The molecule has 0 saturated heterocycles. The molecule has 0 amide bonds. The zero-order valence-electron chi connectivity index (χ0n) is 13.4. The van der Waals surface area contributed by atoms with Gasteiger partial charge in [-0.05, 0) is 36.5 Å². The van der Waals surface area contributed by atoms with Gasteiger partial charge in [0.1, 0.15) is 6.61 Å². The molecule has 0 spiro atoms. The van der Waals surface area contributed by atoms with Gasteiger partial charge in [-0.2, -0.15) is 0 Å². The summed E-state index contributed by atoms with van der Waals surface area (Å²) in [5.41, 5.74) is 1.16. The van der Waals surface area contributed by atoms with E-state index in [2.05, 4.69) is 11.9 Å². The van der Waals surface area contributed by atoms with E-state index in [1.54, 1.807) is 13.2 Å². The third kappa shape index (κ3) is 4.49. The Hall–Kier alpha value is -1.52. The Morgan fingerprint density at radius 3 is 2.86 bits per heavy atom. The number of methoxy groups -OCH3 is 1. The lowest BCUT2D eigenvalue weighted by Crippen LogP contribution is -2.39. The molecule has 1 fully saturated rings. The van der Waals surface area contributed by atoms with Crippen molar-refractivity contribution >= 4 is 0 Å². The fourth-order valence-corrected chi connectivity index (χ4v) is 3.03. The van der Waals surface area contributed by atoms with Crippen LogP contribution in [0.1, 0.15) is 31.2 Å². The maximum absolute atomic E-state index is 9.48. The number of ether oxygens (including phenoxy) is 2. The van der Waals surface area contributed by atoms with E-state index in [0.717, 1.165) is 36.4 Å². The molecule has 1 aromatic rings. The number of hydrogen-bond donors (Lipinski definition) is 2. The van der Waals surface area contributed by atoms with Crippen molar-refractivity contribution in [2.45, 2.75) is 38.3 Å². The summed E-state index contributed by atoms with van der Waals surface area (Å²) in [5, 5.41) is 13.1. The first-order valence-corrected chi connectivity index (χ1v) is 8.03. The van der Waals surface area contributed by atoms with E-state index in [-0.39, 0.29) is 6.61 Å². The van der Waals surface area contributed by atoms with Gasteiger partial charge in [-0.1, -0.05) is 31.6 Å². The molecule has 0 radical (unpaired) electrons. The summed E-state index contributed by atoms with van der Waals surface area (Å²) in [5.74, 6) is 1.85. The molecule has 122 valence electrons. The zero-order valence-corrected chi connectivity index (χ0v) is 13.4. The summed E-state index contributed by atoms with van der Waals surface area (Å²) in [7, 11) is 1.65. The van der Waals surface area contributed by atoms with E-state index >= 15 is 0 Å². The van der Waals surface area contributed by atoms with Crippen LogP contribution in [0.25, 0.3) is 0 Å². The Morgan fingerprint density at radius 1 is 1.32 bits per heavy atom. The van der Waals surface area contributed by atoms with E-state index in [1.165, 1.54) is 12.8 Å². The fourth-order valence-electron chi connectivity index (χ4n) is 3.03. The standard InChI is InChI=1S/C18H27NO3/c1-3-10-22-17-9-8-14(11-18(17)21-2)12-19-16-7-5-4-6-15(16)13-20/h3,8-9,11,15-16,19-20H,1,4-7,10,12-13H2,2H3. The summed E-state index contributed by atoms with van der Waals surface area (Å²) >= 11 is 0. The molecule has 1 aliphatic rings. The fraction of sp³-hybridized carbons (Fsp3) is 0.556. The first kappa shape index (κ1) is 16.8. The molecule has 4 nitrogen and oxygen atoms in total. The van der Waals surface area contributed by atoms with Gasteiger partial charge in [0.25, 0.3) is 0 Å². The monoisotopic (exact) mass is 305 g/mol. The van der Waals surface area contributed by atoms with Crippen molar-refractivity contribution in [3.63, 3.8) is 0 Å². The molecule has 4 heteroatoms. The van der Waals surface area contributed by atoms with Crippen LogP contribution in [0.3, 0.4) is 0 Å². The summed E-state index contributed by atoms with van der Waals surface area (Å²) in [4.78, 5) is 0. The summed E-state index contributed by atoms with van der Waals surface area (Å²) in [6.07, 6.45) is 6.44. The summed E-state index contributed by atoms with van der Waals surface area (Å²) < 4.78 is 11.0. The Balaban J connectivity index is 1.95. The van der Waals surface area contributed by atoms with E-state index in [0.29, 0.717) is 18.6 Å². The third-order valence-electron chi connectivity index (χ3n) is 4.30. The van der Waals surface area contributed by atoms with Gasteiger partial charge < -0.3 is 19.9 Å². The number of rotatable bonds is 8. The van der Waals surface area contributed by atoms with Crippen LogP contribution in [-0.4, -0.2) is 31.5 Å². The molecular formula is C18H27NO3. The largest absolute Gasteiger partial charge is 0.493 e. The Kier molecular flexibility index (Phi) is 6.74. The van der Waals surface area contributed by atoms with E-state index in [4.69, 9.17) is 9.47 Å². The van der Waals surface area contributed by atoms with Gasteiger partial charge in [-0.3, -0.25) is 0 Å². The molecule has 1 aromatic carbocycles. The topological polar surface area (TPSA) is 50.7 Å². The lowest BCUT2D eigenvalue weighted by Gasteiger charge is -2.31. The second-order valence-electron chi connectivity index (χ2n) is 5.80. The molecule has 22 heavy (non-hydrogen) atoms. The highest BCUT2D eigenvalue weighted by Crippen LogP contribution is 2.29. The summed E-state index contributed by atoms with van der Waals surface area (Å²) in [6.45, 7) is 5.17. The number of aliphatic hydroxyl groups is 1. The molecule has 1 aliphatic carbocycles. The maximum atomic E-state index is 9.48. The summed E-state index contributed by atoms with van der Waals surface area (Å²) in [6, 6.07) is 6.39. The predicted octanol–water partition coefficient (Wildman–Crippen LogP) is 2.90. The van der Waals surface area contributed by atoms with Gasteiger partial charge in [0.15, 0.2) is 11.5 Å². The second-order valence-corrected chi connectivity index (χ2v) is 5.80. The molecule has 2 rings (SSSR count). The minimum atomic E-state index is 0.273. The van der Waals surface area contributed by atoms with E-state index in [1.807, 2.05) is 18.2 Å². The highest BCUT2D eigenvalue weighted by Gasteiger charge is 2.23. The molecule has 0 heterocycles. The van der Waals surface area contributed by atoms with Gasteiger partial charge in [-0.15, -0.1) is 0 Å².